The van der Waals surface area contributed by atoms with E-state index in [1.807, 2.05) is 11.6 Å². The number of likely N-dealkylation sites (tertiary alicyclic amines) is 1. The first-order valence-electron chi connectivity index (χ1n) is 7.53. The molecule has 1 fully saturated rings. The molecule has 1 unspecified atom stereocenters. The lowest BCUT2D eigenvalue weighted by Gasteiger charge is -2.32. The third-order valence-corrected chi connectivity index (χ3v) is 4.08. The summed E-state index contributed by atoms with van der Waals surface area (Å²) < 4.78 is 1.92. The highest BCUT2D eigenvalue weighted by Gasteiger charge is 2.24. The van der Waals surface area contributed by atoms with Gasteiger partial charge in [-0.15, -0.1) is 5.10 Å². The highest BCUT2D eigenvalue weighted by atomic mass is 15.6. The van der Waals surface area contributed by atoms with E-state index in [1.165, 1.54) is 5.56 Å². The number of tetrazole rings is 1. The number of piperidine rings is 1. The summed E-state index contributed by atoms with van der Waals surface area (Å²) in [5, 5.41) is 11.9. The quantitative estimate of drug-likeness (QED) is 0.922. The van der Waals surface area contributed by atoms with Gasteiger partial charge in [-0.1, -0.05) is 30.3 Å². The van der Waals surface area contributed by atoms with Crippen molar-refractivity contribution in [2.45, 2.75) is 38.4 Å². The molecule has 2 N–H and O–H groups in total. The fourth-order valence-corrected chi connectivity index (χ4v) is 2.92. The Morgan fingerprint density at radius 1 is 1.24 bits per heavy atom. The summed E-state index contributed by atoms with van der Waals surface area (Å²) in [4.78, 5) is 2.49. The Hall–Kier alpha value is -1.79. The lowest BCUT2D eigenvalue weighted by Crippen LogP contribution is -2.35. The number of aromatic nitrogens is 4. The van der Waals surface area contributed by atoms with Crippen LogP contribution in [-0.2, 0) is 6.54 Å². The van der Waals surface area contributed by atoms with Crippen molar-refractivity contribution in [1.82, 2.24) is 25.1 Å². The van der Waals surface area contributed by atoms with Crippen molar-refractivity contribution in [1.29, 1.82) is 0 Å². The predicted octanol–water partition coefficient (Wildman–Crippen LogP) is 1.53. The average molecular weight is 286 g/mol. The van der Waals surface area contributed by atoms with Gasteiger partial charge in [-0.2, -0.15) is 0 Å². The van der Waals surface area contributed by atoms with Crippen LogP contribution in [0.25, 0.3) is 0 Å². The van der Waals surface area contributed by atoms with Crippen molar-refractivity contribution >= 4 is 0 Å². The van der Waals surface area contributed by atoms with Gasteiger partial charge in [0.2, 0.25) is 0 Å². The van der Waals surface area contributed by atoms with Gasteiger partial charge in [-0.3, -0.25) is 4.90 Å². The number of rotatable bonds is 4. The minimum Gasteiger partial charge on any atom is -0.322 e. The first-order chi connectivity index (χ1) is 10.2. The van der Waals surface area contributed by atoms with E-state index in [2.05, 4.69) is 50.8 Å². The lowest BCUT2D eigenvalue weighted by molar-refractivity contribution is 0.169. The normalized spacial score (nSPS) is 18.8. The van der Waals surface area contributed by atoms with Gasteiger partial charge < -0.3 is 5.73 Å². The average Bonchev–Trinajstić information content (AvgIpc) is 2.99. The van der Waals surface area contributed by atoms with Crippen LogP contribution in [0.4, 0.5) is 0 Å². The van der Waals surface area contributed by atoms with E-state index in [4.69, 9.17) is 5.73 Å². The largest absolute Gasteiger partial charge is 0.322 e. The predicted molar refractivity (Wildman–Crippen MR) is 80.4 cm³/mol. The van der Waals surface area contributed by atoms with Gasteiger partial charge in [0.25, 0.3) is 0 Å². The van der Waals surface area contributed by atoms with E-state index in [0.717, 1.165) is 38.3 Å². The molecule has 112 valence electrons. The topological polar surface area (TPSA) is 72.9 Å². The van der Waals surface area contributed by atoms with E-state index < -0.39 is 0 Å². The molecule has 1 aromatic heterocycles. The molecule has 1 saturated heterocycles. The Labute approximate surface area is 124 Å². The third kappa shape index (κ3) is 3.28. The van der Waals surface area contributed by atoms with Crippen molar-refractivity contribution in [3.63, 3.8) is 0 Å². The Bertz CT molecular complexity index is 557. The van der Waals surface area contributed by atoms with Crippen molar-refractivity contribution in [2.75, 3.05) is 13.1 Å². The Balaban J connectivity index is 1.59. The van der Waals surface area contributed by atoms with Gasteiger partial charge in [0.05, 0.1) is 12.1 Å². The van der Waals surface area contributed by atoms with Crippen molar-refractivity contribution < 1.29 is 0 Å². The monoisotopic (exact) mass is 286 g/mol. The van der Waals surface area contributed by atoms with E-state index in [-0.39, 0.29) is 6.04 Å². The molecule has 1 aromatic carbocycles. The minimum atomic E-state index is -0.123. The number of nitrogens with two attached hydrogens (primary N) is 1. The summed E-state index contributed by atoms with van der Waals surface area (Å²) in [5.41, 5.74) is 7.29. The van der Waals surface area contributed by atoms with Crippen molar-refractivity contribution in [3.05, 3.63) is 41.7 Å². The van der Waals surface area contributed by atoms with E-state index in [9.17, 15) is 0 Å². The number of hydrogen-bond acceptors (Lipinski definition) is 5. The molecule has 21 heavy (non-hydrogen) atoms. The van der Waals surface area contributed by atoms with Crippen LogP contribution in [0.2, 0.25) is 0 Å². The summed E-state index contributed by atoms with van der Waals surface area (Å²) in [5.74, 6) is 0.788. The van der Waals surface area contributed by atoms with Gasteiger partial charge in [-0.05, 0) is 35.8 Å². The Morgan fingerprint density at radius 3 is 2.62 bits per heavy atom. The molecule has 1 atom stereocenters. The summed E-state index contributed by atoms with van der Waals surface area (Å²) in [6, 6.07) is 10.9. The maximum absolute atomic E-state index is 5.92. The van der Waals surface area contributed by atoms with Crippen LogP contribution in [0, 0.1) is 0 Å². The summed E-state index contributed by atoms with van der Waals surface area (Å²) in [7, 11) is 0. The van der Waals surface area contributed by atoms with Gasteiger partial charge in [0, 0.05) is 19.6 Å². The van der Waals surface area contributed by atoms with Crippen LogP contribution < -0.4 is 5.73 Å². The van der Waals surface area contributed by atoms with Gasteiger partial charge in [0.15, 0.2) is 5.82 Å². The number of hydrogen-bond donors (Lipinski definition) is 1. The molecule has 0 amide bonds. The van der Waals surface area contributed by atoms with E-state index >= 15 is 0 Å². The van der Waals surface area contributed by atoms with Gasteiger partial charge in [0.1, 0.15) is 0 Å². The van der Waals surface area contributed by atoms with Gasteiger partial charge in [-0.25, -0.2) is 4.68 Å². The van der Waals surface area contributed by atoms with Crippen LogP contribution in [0.15, 0.2) is 30.3 Å². The molecule has 2 heterocycles. The lowest BCUT2D eigenvalue weighted by atomic mass is 10.0. The highest BCUT2D eigenvalue weighted by molar-refractivity contribution is 5.14. The van der Waals surface area contributed by atoms with E-state index in [0.29, 0.717) is 6.04 Å². The van der Waals surface area contributed by atoms with Crippen LogP contribution in [0.3, 0.4) is 0 Å². The molecule has 6 nitrogen and oxygen atoms in total. The van der Waals surface area contributed by atoms with Crippen LogP contribution in [0.5, 0.6) is 0 Å². The SMILES string of the molecule is CC(N)c1nnnn1C1CCN(Cc2ccccc2)CC1. The van der Waals surface area contributed by atoms with Crippen molar-refractivity contribution in [2.24, 2.45) is 5.73 Å². The summed E-state index contributed by atoms with van der Waals surface area (Å²) in [6.07, 6.45) is 2.13. The molecule has 6 heteroatoms. The molecule has 1 aliphatic heterocycles. The first kappa shape index (κ1) is 14.2. The summed E-state index contributed by atoms with van der Waals surface area (Å²) in [6.45, 7) is 5.08. The first-order valence-corrected chi connectivity index (χ1v) is 7.53. The molecule has 3 rings (SSSR count). The highest BCUT2D eigenvalue weighted by Crippen LogP contribution is 2.24. The molecule has 0 spiro atoms. The Morgan fingerprint density at radius 2 is 1.95 bits per heavy atom. The third-order valence-electron chi connectivity index (χ3n) is 4.08. The molecule has 0 bridgehead atoms. The van der Waals surface area contributed by atoms with Crippen LogP contribution in [-0.4, -0.2) is 38.2 Å². The fourth-order valence-electron chi connectivity index (χ4n) is 2.92. The van der Waals surface area contributed by atoms with Crippen LogP contribution in [0.1, 0.15) is 43.2 Å². The minimum absolute atomic E-state index is 0.123. The molecular weight excluding hydrogens is 264 g/mol. The molecule has 0 saturated carbocycles. The second-order valence-electron chi connectivity index (χ2n) is 5.76. The number of nitrogens with zero attached hydrogens (tertiary/aromatic N) is 5. The summed E-state index contributed by atoms with van der Waals surface area (Å²) >= 11 is 0. The molecule has 0 aliphatic carbocycles. The second-order valence-corrected chi connectivity index (χ2v) is 5.76. The smallest absolute Gasteiger partial charge is 0.167 e. The van der Waals surface area contributed by atoms with E-state index in [1.54, 1.807) is 0 Å². The molecule has 2 aromatic rings. The zero-order valence-electron chi connectivity index (χ0n) is 12.4. The van der Waals surface area contributed by atoms with Crippen molar-refractivity contribution in [3.8, 4) is 0 Å². The second kappa shape index (κ2) is 6.32. The fraction of sp³-hybridized carbons (Fsp3) is 0.533. The maximum atomic E-state index is 5.92. The Kier molecular flexibility index (Phi) is 4.26. The van der Waals surface area contributed by atoms with Crippen LogP contribution >= 0.6 is 0 Å². The standard InChI is InChI=1S/C15H22N6/c1-12(16)15-17-18-19-21(15)14-7-9-20(10-8-14)11-13-5-3-2-4-6-13/h2-6,12,14H,7-11,16H2,1H3. The maximum Gasteiger partial charge on any atom is 0.167 e. The zero-order valence-corrected chi connectivity index (χ0v) is 12.4. The van der Waals surface area contributed by atoms with Gasteiger partial charge >= 0.3 is 0 Å². The number of benzene rings is 1. The zero-order chi connectivity index (χ0) is 14.7. The molecule has 0 radical (unpaired) electrons. The molecular formula is C15H22N6. The molecule has 1 aliphatic rings.